The molecule has 0 aliphatic rings. The zero-order valence-corrected chi connectivity index (χ0v) is 15.8. The quantitative estimate of drug-likeness (QED) is 0.568. The molecule has 0 spiro atoms. The summed E-state index contributed by atoms with van der Waals surface area (Å²) >= 11 is 0. The van der Waals surface area contributed by atoms with Crippen LogP contribution in [-0.2, 0) is 6.54 Å². The minimum Gasteiger partial charge on any atom is -0.497 e. The SMILES string of the molecule is COc1cccc(NC(=O)c2cc3cccnc3n(Cc3ccccc3)c2=O)c1. The van der Waals surface area contributed by atoms with Gasteiger partial charge in [-0.1, -0.05) is 36.4 Å². The smallest absolute Gasteiger partial charge is 0.265 e. The molecule has 4 aromatic rings. The molecular formula is C23H19N3O3. The van der Waals surface area contributed by atoms with Gasteiger partial charge in [-0.3, -0.25) is 14.2 Å². The Labute approximate surface area is 167 Å². The monoisotopic (exact) mass is 385 g/mol. The van der Waals surface area contributed by atoms with Gasteiger partial charge in [0, 0.05) is 23.3 Å². The van der Waals surface area contributed by atoms with E-state index in [1.165, 1.54) is 4.57 Å². The van der Waals surface area contributed by atoms with Crippen molar-refractivity contribution >= 4 is 22.6 Å². The van der Waals surface area contributed by atoms with Crippen LogP contribution in [0.1, 0.15) is 15.9 Å². The Balaban J connectivity index is 1.77. The van der Waals surface area contributed by atoms with Crippen molar-refractivity contribution < 1.29 is 9.53 Å². The molecule has 6 nitrogen and oxygen atoms in total. The molecule has 1 amide bonds. The first-order valence-electron chi connectivity index (χ1n) is 9.13. The van der Waals surface area contributed by atoms with Crippen molar-refractivity contribution in [1.82, 2.24) is 9.55 Å². The van der Waals surface area contributed by atoms with Crippen molar-refractivity contribution in [2.24, 2.45) is 0 Å². The summed E-state index contributed by atoms with van der Waals surface area (Å²) in [5.41, 5.74) is 1.71. The number of nitrogens with zero attached hydrogens (tertiary/aromatic N) is 2. The molecule has 0 radical (unpaired) electrons. The molecule has 1 N–H and O–H groups in total. The first-order chi connectivity index (χ1) is 14.2. The van der Waals surface area contributed by atoms with Gasteiger partial charge in [0.05, 0.1) is 13.7 Å². The molecule has 0 unspecified atom stereocenters. The van der Waals surface area contributed by atoms with Gasteiger partial charge >= 0.3 is 0 Å². The van der Waals surface area contributed by atoms with Gasteiger partial charge in [0.1, 0.15) is 17.0 Å². The molecule has 0 saturated heterocycles. The standard InChI is InChI=1S/C23H19N3O3/c1-29-19-11-5-10-18(14-19)25-22(27)20-13-17-9-6-12-24-21(17)26(23(20)28)15-16-7-3-2-4-8-16/h2-14H,15H2,1H3,(H,25,27). The number of carbonyl (C=O) groups excluding carboxylic acids is 1. The predicted molar refractivity (Wildman–Crippen MR) is 112 cm³/mol. The average Bonchev–Trinajstić information content (AvgIpc) is 2.76. The minimum atomic E-state index is -0.476. The molecule has 4 rings (SSSR count). The van der Waals surface area contributed by atoms with Crippen molar-refractivity contribution in [2.75, 3.05) is 12.4 Å². The second kappa shape index (κ2) is 7.98. The lowest BCUT2D eigenvalue weighted by Gasteiger charge is -2.13. The third-order valence-electron chi connectivity index (χ3n) is 4.60. The van der Waals surface area contributed by atoms with Crippen LogP contribution in [0.5, 0.6) is 5.75 Å². The van der Waals surface area contributed by atoms with Gasteiger partial charge in [-0.25, -0.2) is 4.98 Å². The molecule has 2 aromatic heterocycles. The zero-order chi connectivity index (χ0) is 20.2. The van der Waals surface area contributed by atoms with E-state index in [9.17, 15) is 9.59 Å². The molecule has 6 heteroatoms. The Morgan fingerprint density at radius 2 is 1.86 bits per heavy atom. The topological polar surface area (TPSA) is 73.2 Å². The lowest BCUT2D eigenvalue weighted by Crippen LogP contribution is -2.30. The number of carbonyl (C=O) groups is 1. The number of methoxy groups -OCH3 is 1. The largest absolute Gasteiger partial charge is 0.497 e. The van der Waals surface area contributed by atoms with Gasteiger partial charge in [-0.2, -0.15) is 0 Å². The number of benzene rings is 2. The molecular weight excluding hydrogens is 366 g/mol. The first kappa shape index (κ1) is 18.4. The number of rotatable bonds is 5. The number of pyridine rings is 2. The van der Waals surface area contributed by atoms with Crippen LogP contribution in [-0.4, -0.2) is 22.6 Å². The van der Waals surface area contributed by atoms with E-state index in [0.717, 1.165) is 10.9 Å². The fraction of sp³-hybridized carbons (Fsp3) is 0.0870. The summed E-state index contributed by atoms with van der Waals surface area (Å²) in [6.45, 7) is 0.327. The molecule has 2 aromatic carbocycles. The van der Waals surface area contributed by atoms with Crippen molar-refractivity contribution in [3.63, 3.8) is 0 Å². The van der Waals surface area contributed by atoms with E-state index < -0.39 is 5.91 Å². The van der Waals surface area contributed by atoms with Crippen LogP contribution < -0.4 is 15.6 Å². The molecule has 29 heavy (non-hydrogen) atoms. The highest BCUT2D eigenvalue weighted by atomic mass is 16.5. The van der Waals surface area contributed by atoms with E-state index >= 15 is 0 Å². The summed E-state index contributed by atoms with van der Waals surface area (Å²) in [5, 5.41) is 3.50. The van der Waals surface area contributed by atoms with Crippen LogP contribution in [0, 0.1) is 0 Å². The Hall–Kier alpha value is -3.93. The van der Waals surface area contributed by atoms with E-state index in [-0.39, 0.29) is 11.1 Å². The van der Waals surface area contributed by atoms with E-state index in [2.05, 4.69) is 10.3 Å². The third-order valence-corrected chi connectivity index (χ3v) is 4.60. The summed E-state index contributed by atoms with van der Waals surface area (Å²) in [6, 6.07) is 21.8. The highest BCUT2D eigenvalue weighted by Gasteiger charge is 2.17. The summed E-state index contributed by atoms with van der Waals surface area (Å²) < 4.78 is 6.72. The van der Waals surface area contributed by atoms with Crippen LogP contribution in [0.25, 0.3) is 11.0 Å². The maximum absolute atomic E-state index is 13.2. The van der Waals surface area contributed by atoms with Crippen molar-refractivity contribution in [1.29, 1.82) is 0 Å². The fourth-order valence-electron chi connectivity index (χ4n) is 3.18. The highest BCUT2D eigenvalue weighted by molar-refractivity contribution is 6.05. The fourth-order valence-corrected chi connectivity index (χ4v) is 3.18. The summed E-state index contributed by atoms with van der Waals surface area (Å²) in [5.74, 6) is 0.141. The molecule has 0 fully saturated rings. The molecule has 0 aliphatic carbocycles. The molecule has 0 atom stereocenters. The van der Waals surface area contributed by atoms with Crippen LogP contribution in [0.3, 0.4) is 0 Å². The Kier molecular flexibility index (Phi) is 5.07. The number of hydrogen-bond donors (Lipinski definition) is 1. The molecule has 144 valence electrons. The van der Waals surface area contributed by atoms with E-state index in [1.54, 1.807) is 49.7 Å². The number of hydrogen-bond acceptors (Lipinski definition) is 4. The zero-order valence-electron chi connectivity index (χ0n) is 15.8. The highest BCUT2D eigenvalue weighted by Crippen LogP contribution is 2.18. The lowest BCUT2D eigenvalue weighted by atomic mass is 10.1. The molecule has 0 aliphatic heterocycles. The minimum absolute atomic E-state index is 0.0595. The van der Waals surface area contributed by atoms with Gasteiger partial charge in [0.15, 0.2) is 0 Å². The van der Waals surface area contributed by atoms with E-state index in [1.807, 2.05) is 36.4 Å². The molecule has 2 heterocycles. The van der Waals surface area contributed by atoms with Crippen LogP contribution >= 0.6 is 0 Å². The second-order valence-corrected chi connectivity index (χ2v) is 6.54. The van der Waals surface area contributed by atoms with E-state index in [4.69, 9.17) is 4.74 Å². The summed E-state index contributed by atoms with van der Waals surface area (Å²) in [6.07, 6.45) is 1.64. The van der Waals surface area contributed by atoms with Gasteiger partial charge in [-0.15, -0.1) is 0 Å². The number of ether oxygens (including phenoxy) is 1. The predicted octanol–water partition coefficient (Wildman–Crippen LogP) is 3.71. The first-order valence-corrected chi connectivity index (χ1v) is 9.13. The number of nitrogens with one attached hydrogen (secondary N) is 1. The van der Waals surface area contributed by atoms with Crippen LogP contribution in [0.2, 0.25) is 0 Å². The van der Waals surface area contributed by atoms with Gasteiger partial charge in [0.25, 0.3) is 11.5 Å². The number of aromatic nitrogens is 2. The van der Waals surface area contributed by atoms with Gasteiger partial charge in [-0.05, 0) is 35.9 Å². The normalized spacial score (nSPS) is 10.7. The Morgan fingerprint density at radius 1 is 1.03 bits per heavy atom. The van der Waals surface area contributed by atoms with E-state index in [0.29, 0.717) is 23.6 Å². The van der Waals surface area contributed by atoms with Gasteiger partial charge < -0.3 is 10.1 Å². The third kappa shape index (κ3) is 3.87. The maximum atomic E-state index is 13.2. The van der Waals surface area contributed by atoms with Crippen LogP contribution in [0.15, 0.2) is 83.8 Å². The van der Waals surface area contributed by atoms with Crippen LogP contribution in [0.4, 0.5) is 5.69 Å². The summed E-state index contributed by atoms with van der Waals surface area (Å²) in [7, 11) is 1.56. The Bertz CT molecular complexity index is 1230. The van der Waals surface area contributed by atoms with Crippen molar-refractivity contribution in [2.45, 2.75) is 6.54 Å². The lowest BCUT2D eigenvalue weighted by molar-refractivity contribution is 0.102. The molecule has 0 bridgehead atoms. The summed E-state index contributed by atoms with van der Waals surface area (Å²) in [4.78, 5) is 30.4. The number of fused-ring (bicyclic) bond motifs is 1. The Morgan fingerprint density at radius 3 is 2.66 bits per heavy atom. The van der Waals surface area contributed by atoms with Crippen molar-refractivity contribution in [3.8, 4) is 5.75 Å². The number of amides is 1. The number of anilines is 1. The maximum Gasteiger partial charge on any atom is 0.265 e. The van der Waals surface area contributed by atoms with Gasteiger partial charge in [0.2, 0.25) is 0 Å². The van der Waals surface area contributed by atoms with Crippen molar-refractivity contribution in [3.05, 3.63) is 100 Å². The average molecular weight is 385 g/mol. The second-order valence-electron chi connectivity index (χ2n) is 6.54. The molecule has 0 saturated carbocycles.